The van der Waals surface area contributed by atoms with Crippen LogP contribution in [0.1, 0.15) is 18.5 Å². The van der Waals surface area contributed by atoms with Crippen LogP contribution < -0.4 is 4.90 Å². The summed E-state index contributed by atoms with van der Waals surface area (Å²) in [7, 11) is 1.72. The van der Waals surface area contributed by atoms with Gasteiger partial charge in [0.2, 0.25) is 5.91 Å². The van der Waals surface area contributed by atoms with Crippen LogP contribution in [0.5, 0.6) is 0 Å². The number of aromatic nitrogens is 4. The maximum atomic E-state index is 12.3. The molecule has 1 saturated heterocycles. The van der Waals surface area contributed by atoms with Crippen molar-refractivity contribution in [2.24, 2.45) is 0 Å². The SMILES string of the molecule is Cc1cc(N2CCC[C@](O)(CN(C)C(=O)Cn3cccn3)C2)ncn1. The lowest BCUT2D eigenvalue weighted by Crippen LogP contribution is -2.55. The van der Waals surface area contributed by atoms with Crippen molar-refractivity contribution in [1.29, 1.82) is 0 Å². The fourth-order valence-corrected chi connectivity index (χ4v) is 3.23. The third-order valence-electron chi connectivity index (χ3n) is 4.48. The largest absolute Gasteiger partial charge is 0.386 e. The number of hydrogen-bond acceptors (Lipinski definition) is 6. The lowest BCUT2D eigenvalue weighted by molar-refractivity contribution is -0.134. The van der Waals surface area contributed by atoms with E-state index in [1.807, 2.05) is 13.0 Å². The summed E-state index contributed by atoms with van der Waals surface area (Å²) in [6.45, 7) is 3.66. The van der Waals surface area contributed by atoms with E-state index < -0.39 is 5.60 Å². The number of anilines is 1. The summed E-state index contributed by atoms with van der Waals surface area (Å²) in [5.41, 5.74) is -0.0586. The number of carbonyl (C=O) groups is 1. The highest BCUT2D eigenvalue weighted by Crippen LogP contribution is 2.25. The molecule has 1 aliphatic heterocycles. The van der Waals surface area contributed by atoms with Crippen LogP contribution in [0.3, 0.4) is 0 Å². The number of amides is 1. The predicted molar refractivity (Wildman–Crippen MR) is 93.0 cm³/mol. The van der Waals surface area contributed by atoms with Gasteiger partial charge in [-0.2, -0.15) is 5.10 Å². The van der Waals surface area contributed by atoms with Crippen molar-refractivity contribution in [3.63, 3.8) is 0 Å². The van der Waals surface area contributed by atoms with E-state index in [1.165, 1.54) is 6.33 Å². The maximum Gasteiger partial charge on any atom is 0.244 e. The van der Waals surface area contributed by atoms with Crippen molar-refractivity contribution >= 4 is 11.7 Å². The first kappa shape index (κ1) is 17.3. The first-order valence-electron chi connectivity index (χ1n) is 8.43. The van der Waals surface area contributed by atoms with E-state index in [-0.39, 0.29) is 19.0 Å². The van der Waals surface area contributed by atoms with E-state index in [0.717, 1.165) is 24.5 Å². The molecule has 8 heteroatoms. The van der Waals surface area contributed by atoms with Crippen LogP contribution in [0.15, 0.2) is 30.9 Å². The van der Waals surface area contributed by atoms with E-state index in [1.54, 1.807) is 35.1 Å². The number of nitrogens with zero attached hydrogens (tertiary/aromatic N) is 6. The Morgan fingerprint density at radius 1 is 1.44 bits per heavy atom. The van der Waals surface area contributed by atoms with Crippen molar-refractivity contribution < 1.29 is 9.90 Å². The number of likely N-dealkylation sites (N-methyl/N-ethyl adjacent to an activating group) is 1. The summed E-state index contributed by atoms with van der Waals surface area (Å²) in [6, 6.07) is 3.70. The van der Waals surface area contributed by atoms with Crippen molar-refractivity contribution in [2.45, 2.75) is 31.9 Å². The minimum atomic E-state index is -0.953. The Morgan fingerprint density at radius 2 is 2.28 bits per heavy atom. The second-order valence-corrected chi connectivity index (χ2v) is 6.72. The molecule has 0 aromatic carbocycles. The fraction of sp³-hybridized carbons (Fsp3) is 0.529. The molecule has 0 unspecified atom stereocenters. The first-order chi connectivity index (χ1) is 12.0. The molecule has 2 aromatic rings. The summed E-state index contributed by atoms with van der Waals surface area (Å²) >= 11 is 0. The molecule has 25 heavy (non-hydrogen) atoms. The lowest BCUT2D eigenvalue weighted by atomic mass is 9.92. The minimum absolute atomic E-state index is 0.0767. The quantitative estimate of drug-likeness (QED) is 0.848. The van der Waals surface area contributed by atoms with Gasteiger partial charge in [0.1, 0.15) is 18.7 Å². The smallest absolute Gasteiger partial charge is 0.244 e. The van der Waals surface area contributed by atoms with Gasteiger partial charge in [0.25, 0.3) is 0 Å². The fourth-order valence-electron chi connectivity index (χ4n) is 3.23. The molecule has 0 saturated carbocycles. The Morgan fingerprint density at radius 3 is 3.00 bits per heavy atom. The van der Waals surface area contributed by atoms with E-state index in [2.05, 4.69) is 20.0 Å². The summed E-state index contributed by atoms with van der Waals surface area (Å²) in [5.74, 6) is 0.739. The highest BCUT2D eigenvalue weighted by atomic mass is 16.3. The van der Waals surface area contributed by atoms with Gasteiger partial charge in [-0.1, -0.05) is 0 Å². The molecule has 0 aliphatic carbocycles. The van der Waals surface area contributed by atoms with Crippen molar-refractivity contribution in [3.05, 3.63) is 36.5 Å². The molecule has 1 aliphatic rings. The number of piperidine rings is 1. The molecule has 0 bridgehead atoms. The second kappa shape index (κ2) is 7.18. The molecule has 0 spiro atoms. The third-order valence-corrected chi connectivity index (χ3v) is 4.48. The highest BCUT2D eigenvalue weighted by Gasteiger charge is 2.36. The van der Waals surface area contributed by atoms with E-state index in [4.69, 9.17) is 0 Å². The lowest BCUT2D eigenvalue weighted by Gasteiger charge is -2.41. The number of aliphatic hydroxyl groups is 1. The van der Waals surface area contributed by atoms with Gasteiger partial charge < -0.3 is 14.9 Å². The predicted octanol–water partition coefficient (Wildman–Crippen LogP) is 0.471. The molecule has 0 radical (unpaired) electrons. The summed E-state index contributed by atoms with van der Waals surface area (Å²) in [5, 5.41) is 15.1. The average Bonchev–Trinajstić information content (AvgIpc) is 3.07. The van der Waals surface area contributed by atoms with Crippen LogP contribution in [0.25, 0.3) is 0 Å². The van der Waals surface area contributed by atoms with Gasteiger partial charge in [-0.05, 0) is 25.8 Å². The van der Waals surface area contributed by atoms with Crippen LogP contribution in [0, 0.1) is 6.92 Å². The number of rotatable bonds is 5. The Bertz CT molecular complexity index is 720. The van der Waals surface area contributed by atoms with Crippen LogP contribution >= 0.6 is 0 Å². The molecule has 3 rings (SSSR count). The van der Waals surface area contributed by atoms with Crippen LogP contribution in [0.4, 0.5) is 5.82 Å². The van der Waals surface area contributed by atoms with E-state index >= 15 is 0 Å². The van der Waals surface area contributed by atoms with E-state index in [9.17, 15) is 9.90 Å². The standard InChI is InChI=1S/C17H24N6O2/c1-14-9-15(19-13-18-14)22-7-3-5-17(25,12-22)11-21(2)16(24)10-23-8-4-6-20-23/h4,6,8-9,13,25H,3,5,7,10-12H2,1-2H3/t17-/m0/s1. The number of hydrogen-bond donors (Lipinski definition) is 1. The first-order valence-corrected chi connectivity index (χ1v) is 8.43. The van der Waals surface area contributed by atoms with Gasteiger partial charge in [0, 0.05) is 44.3 Å². The molecular weight excluding hydrogens is 320 g/mol. The van der Waals surface area contributed by atoms with Gasteiger partial charge in [-0.25, -0.2) is 9.97 Å². The van der Waals surface area contributed by atoms with Gasteiger partial charge in [0.15, 0.2) is 0 Å². The van der Waals surface area contributed by atoms with Crippen molar-refractivity contribution in [1.82, 2.24) is 24.6 Å². The van der Waals surface area contributed by atoms with Gasteiger partial charge in [0.05, 0.1) is 12.1 Å². The second-order valence-electron chi connectivity index (χ2n) is 6.72. The zero-order chi connectivity index (χ0) is 17.9. The summed E-state index contributed by atoms with van der Waals surface area (Å²) < 4.78 is 1.58. The Hall–Kier alpha value is -2.48. The van der Waals surface area contributed by atoms with Gasteiger partial charge >= 0.3 is 0 Å². The molecule has 8 nitrogen and oxygen atoms in total. The molecule has 134 valence electrons. The van der Waals surface area contributed by atoms with Crippen LogP contribution in [-0.4, -0.2) is 67.9 Å². The zero-order valence-corrected chi connectivity index (χ0v) is 14.7. The topological polar surface area (TPSA) is 87.4 Å². The summed E-state index contributed by atoms with van der Waals surface area (Å²) in [6.07, 6.45) is 6.44. The Kier molecular flexibility index (Phi) is 4.98. The molecular formula is C17H24N6O2. The van der Waals surface area contributed by atoms with Crippen LogP contribution in [0.2, 0.25) is 0 Å². The molecule has 2 aromatic heterocycles. The van der Waals surface area contributed by atoms with Crippen LogP contribution in [-0.2, 0) is 11.3 Å². The zero-order valence-electron chi connectivity index (χ0n) is 14.7. The monoisotopic (exact) mass is 344 g/mol. The minimum Gasteiger partial charge on any atom is -0.386 e. The van der Waals surface area contributed by atoms with Gasteiger partial charge in [-0.3, -0.25) is 9.48 Å². The normalized spacial score (nSPS) is 20.5. The molecule has 3 heterocycles. The highest BCUT2D eigenvalue weighted by molar-refractivity contribution is 5.75. The van der Waals surface area contributed by atoms with Crippen molar-refractivity contribution in [3.8, 4) is 0 Å². The number of β-amino-alcohol motifs (C(OH)–C–C–N with tert-alkyl or cyclic N) is 1. The van der Waals surface area contributed by atoms with Gasteiger partial charge in [-0.15, -0.1) is 0 Å². The Balaban J connectivity index is 1.63. The molecule has 1 atom stereocenters. The van der Waals surface area contributed by atoms with E-state index in [0.29, 0.717) is 13.0 Å². The molecule has 1 amide bonds. The molecule has 1 fully saturated rings. The number of carbonyl (C=O) groups excluding carboxylic acids is 1. The summed E-state index contributed by atoms with van der Waals surface area (Å²) in [4.78, 5) is 24.4. The maximum absolute atomic E-state index is 12.3. The Labute approximate surface area is 147 Å². The average molecular weight is 344 g/mol. The van der Waals surface area contributed by atoms with Crippen molar-refractivity contribution in [2.75, 3.05) is 31.6 Å². The number of aryl methyl sites for hydroxylation is 1. The molecule has 1 N–H and O–H groups in total. The third kappa shape index (κ3) is 4.33.